The first-order chi connectivity index (χ1) is 9.28. The van der Waals surface area contributed by atoms with Gasteiger partial charge in [-0.25, -0.2) is 0 Å². The molecule has 0 atom stereocenters. The van der Waals surface area contributed by atoms with Crippen LogP contribution in [0.2, 0.25) is 0 Å². The van der Waals surface area contributed by atoms with Gasteiger partial charge in [-0.15, -0.1) is 0 Å². The number of rotatable bonds is 6. The zero-order chi connectivity index (χ0) is 15.3. The summed E-state index contributed by atoms with van der Waals surface area (Å²) in [5.74, 6) is -0.419. The van der Waals surface area contributed by atoms with Crippen molar-refractivity contribution in [3.05, 3.63) is 24.3 Å². The average Bonchev–Trinajstić information content (AvgIpc) is 2.44. The molecule has 0 radical (unpaired) electrons. The molecular formula is C12H18N2O5S. The van der Waals surface area contributed by atoms with E-state index >= 15 is 0 Å². The Hall–Kier alpha value is -1.80. The molecule has 0 aliphatic rings. The van der Waals surface area contributed by atoms with Crippen LogP contribution >= 0.6 is 0 Å². The van der Waals surface area contributed by atoms with Crippen molar-refractivity contribution in [1.82, 2.24) is 4.31 Å². The minimum absolute atomic E-state index is 0.0182. The summed E-state index contributed by atoms with van der Waals surface area (Å²) in [6.45, 7) is 0.0252. The van der Waals surface area contributed by atoms with Crippen LogP contribution in [0.25, 0.3) is 0 Å². The van der Waals surface area contributed by atoms with Crippen LogP contribution < -0.4 is 4.31 Å². The molecule has 0 fully saturated rings. The van der Waals surface area contributed by atoms with Crippen LogP contribution in [-0.2, 0) is 19.7 Å². The van der Waals surface area contributed by atoms with Crippen molar-refractivity contribution in [3.63, 3.8) is 0 Å². The predicted octanol–water partition coefficient (Wildman–Crippen LogP) is 0.568. The van der Waals surface area contributed by atoms with Crippen molar-refractivity contribution >= 4 is 21.9 Å². The number of carbonyl (C=O) groups is 1. The second kappa shape index (κ2) is 6.58. The number of phenolic OH excluding ortho intramolecular Hbond substituents is 1. The zero-order valence-electron chi connectivity index (χ0n) is 11.6. The number of methoxy groups -OCH3 is 1. The third kappa shape index (κ3) is 3.84. The number of phenols is 1. The van der Waals surface area contributed by atoms with Gasteiger partial charge < -0.3 is 9.84 Å². The zero-order valence-corrected chi connectivity index (χ0v) is 12.4. The lowest BCUT2D eigenvalue weighted by Crippen LogP contribution is -2.40. The van der Waals surface area contributed by atoms with Gasteiger partial charge in [-0.1, -0.05) is 0 Å². The van der Waals surface area contributed by atoms with Crippen LogP contribution in [0, 0.1) is 0 Å². The lowest BCUT2D eigenvalue weighted by Gasteiger charge is -2.25. The van der Waals surface area contributed by atoms with Crippen LogP contribution in [0.15, 0.2) is 24.3 Å². The number of hydrogen-bond acceptors (Lipinski definition) is 5. The number of esters is 1. The lowest BCUT2D eigenvalue weighted by atomic mass is 10.3. The minimum Gasteiger partial charge on any atom is -0.508 e. The molecule has 20 heavy (non-hydrogen) atoms. The number of ether oxygens (including phenoxy) is 1. The number of carbonyl (C=O) groups excluding carboxylic acids is 1. The van der Waals surface area contributed by atoms with E-state index in [4.69, 9.17) is 0 Å². The molecule has 7 nitrogen and oxygen atoms in total. The maximum absolute atomic E-state index is 12.3. The number of nitrogens with zero attached hydrogens (tertiary/aromatic N) is 2. The van der Waals surface area contributed by atoms with Gasteiger partial charge >= 0.3 is 16.2 Å². The maximum Gasteiger partial charge on any atom is 0.306 e. The highest BCUT2D eigenvalue weighted by Crippen LogP contribution is 2.20. The van der Waals surface area contributed by atoms with E-state index in [1.54, 1.807) is 0 Å². The van der Waals surface area contributed by atoms with Crippen LogP contribution in [0.5, 0.6) is 5.75 Å². The van der Waals surface area contributed by atoms with Gasteiger partial charge in [0.15, 0.2) is 0 Å². The van der Waals surface area contributed by atoms with E-state index < -0.39 is 16.2 Å². The number of benzene rings is 1. The topological polar surface area (TPSA) is 87.2 Å². The van der Waals surface area contributed by atoms with E-state index in [1.807, 2.05) is 0 Å². The molecule has 0 saturated carbocycles. The van der Waals surface area contributed by atoms with Crippen LogP contribution in [-0.4, -0.2) is 51.5 Å². The van der Waals surface area contributed by atoms with Gasteiger partial charge in [-0.05, 0) is 24.3 Å². The molecule has 112 valence electrons. The highest BCUT2D eigenvalue weighted by atomic mass is 32.2. The summed E-state index contributed by atoms with van der Waals surface area (Å²) < 4.78 is 31.1. The standard InChI is InChI=1S/C12H18N2O5S/c1-13(9-8-12(16)19-3)20(17,18)14(2)10-4-6-11(15)7-5-10/h4-7,15H,8-9H2,1-3H3. The first kappa shape index (κ1) is 16.3. The summed E-state index contributed by atoms with van der Waals surface area (Å²) >= 11 is 0. The van der Waals surface area contributed by atoms with Crippen LogP contribution in [0.4, 0.5) is 5.69 Å². The van der Waals surface area contributed by atoms with Crippen molar-refractivity contribution in [1.29, 1.82) is 0 Å². The number of hydrogen-bond donors (Lipinski definition) is 1. The SMILES string of the molecule is COC(=O)CCN(C)S(=O)(=O)N(C)c1ccc(O)cc1. The Kier molecular flexibility index (Phi) is 5.34. The van der Waals surface area contributed by atoms with Gasteiger partial charge in [-0.2, -0.15) is 12.7 Å². The molecule has 1 rings (SSSR count). The first-order valence-corrected chi connectivity index (χ1v) is 7.24. The van der Waals surface area contributed by atoms with Crippen molar-refractivity contribution in [2.45, 2.75) is 6.42 Å². The fourth-order valence-corrected chi connectivity index (χ4v) is 2.60. The van der Waals surface area contributed by atoms with E-state index in [9.17, 15) is 18.3 Å². The molecule has 0 saturated heterocycles. The summed E-state index contributed by atoms with van der Waals surface area (Å²) in [5.41, 5.74) is 0.410. The second-order valence-electron chi connectivity index (χ2n) is 4.14. The van der Waals surface area contributed by atoms with Crippen LogP contribution in [0.1, 0.15) is 6.42 Å². The Labute approximate surface area is 118 Å². The molecule has 0 aromatic heterocycles. The van der Waals surface area contributed by atoms with Crippen molar-refractivity contribution < 1.29 is 23.1 Å². The largest absolute Gasteiger partial charge is 0.508 e. The second-order valence-corrected chi connectivity index (χ2v) is 6.21. The Morgan fingerprint density at radius 3 is 2.30 bits per heavy atom. The molecule has 1 N–H and O–H groups in total. The summed E-state index contributed by atoms with van der Waals surface area (Å²) in [5, 5.41) is 9.19. The van der Waals surface area contributed by atoms with E-state index in [2.05, 4.69) is 4.74 Å². The van der Waals surface area contributed by atoms with Gasteiger partial charge in [0.05, 0.1) is 19.2 Å². The minimum atomic E-state index is -3.73. The number of aromatic hydroxyl groups is 1. The van der Waals surface area contributed by atoms with Gasteiger partial charge in [-0.3, -0.25) is 9.10 Å². The highest BCUT2D eigenvalue weighted by molar-refractivity contribution is 7.90. The van der Waals surface area contributed by atoms with E-state index in [-0.39, 0.29) is 18.7 Å². The van der Waals surface area contributed by atoms with Gasteiger partial charge in [0.25, 0.3) is 0 Å². The molecule has 0 aliphatic heterocycles. The van der Waals surface area contributed by atoms with Gasteiger partial charge in [0, 0.05) is 20.6 Å². The molecule has 0 aliphatic carbocycles. The van der Waals surface area contributed by atoms with E-state index in [1.165, 1.54) is 45.5 Å². The molecule has 0 heterocycles. The lowest BCUT2D eigenvalue weighted by molar-refractivity contribution is -0.140. The van der Waals surface area contributed by atoms with Crippen LogP contribution in [0.3, 0.4) is 0 Å². The summed E-state index contributed by atoms with van der Waals surface area (Å²) in [6.07, 6.45) is -0.0182. The monoisotopic (exact) mass is 302 g/mol. The number of anilines is 1. The Balaban J connectivity index is 2.81. The molecule has 0 unspecified atom stereocenters. The molecule has 1 aromatic carbocycles. The normalized spacial score (nSPS) is 11.4. The quantitative estimate of drug-likeness (QED) is 0.776. The third-order valence-corrected chi connectivity index (χ3v) is 4.69. The molecule has 0 bridgehead atoms. The summed E-state index contributed by atoms with van der Waals surface area (Å²) in [6, 6.07) is 5.77. The van der Waals surface area contributed by atoms with Crippen molar-refractivity contribution in [2.75, 3.05) is 32.1 Å². The molecule has 0 amide bonds. The average molecular weight is 302 g/mol. The predicted molar refractivity (Wildman–Crippen MR) is 74.7 cm³/mol. The Morgan fingerprint density at radius 2 is 1.80 bits per heavy atom. The molecule has 1 aromatic rings. The van der Waals surface area contributed by atoms with E-state index in [0.717, 1.165) is 8.61 Å². The summed E-state index contributed by atoms with van der Waals surface area (Å²) in [4.78, 5) is 11.0. The Bertz CT molecular complexity index is 556. The fourth-order valence-electron chi connectivity index (χ4n) is 1.47. The maximum atomic E-state index is 12.3. The van der Waals surface area contributed by atoms with Crippen molar-refractivity contribution in [2.24, 2.45) is 0 Å². The molecular weight excluding hydrogens is 284 g/mol. The molecule has 0 spiro atoms. The smallest absolute Gasteiger partial charge is 0.306 e. The third-order valence-electron chi connectivity index (χ3n) is 2.81. The first-order valence-electron chi connectivity index (χ1n) is 5.85. The summed E-state index contributed by atoms with van der Waals surface area (Å²) in [7, 11) is 0.301. The van der Waals surface area contributed by atoms with Gasteiger partial charge in [0.1, 0.15) is 5.75 Å². The fraction of sp³-hybridized carbons (Fsp3) is 0.417. The Morgan fingerprint density at radius 1 is 1.25 bits per heavy atom. The molecule has 8 heteroatoms. The van der Waals surface area contributed by atoms with E-state index in [0.29, 0.717) is 5.69 Å². The highest BCUT2D eigenvalue weighted by Gasteiger charge is 2.24. The van der Waals surface area contributed by atoms with Gasteiger partial charge in [0.2, 0.25) is 0 Å². The van der Waals surface area contributed by atoms with Crippen molar-refractivity contribution in [3.8, 4) is 5.75 Å².